The van der Waals surface area contributed by atoms with Crippen LogP contribution in [0.2, 0.25) is 0 Å². The van der Waals surface area contributed by atoms with Crippen molar-refractivity contribution in [2.45, 2.75) is 38.0 Å². The number of carbonyl (C=O) groups excluding carboxylic acids is 1. The van der Waals surface area contributed by atoms with Crippen molar-refractivity contribution in [2.24, 2.45) is 0 Å². The maximum Gasteiger partial charge on any atom is 0.435 e. The first kappa shape index (κ1) is 27.4. The maximum absolute atomic E-state index is 14.1. The summed E-state index contributed by atoms with van der Waals surface area (Å²) < 4.78 is 55.3. The van der Waals surface area contributed by atoms with E-state index in [2.05, 4.69) is 5.10 Å². The van der Waals surface area contributed by atoms with Crippen LogP contribution in [-0.2, 0) is 19.0 Å². The van der Waals surface area contributed by atoms with Gasteiger partial charge in [0.1, 0.15) is 17.6 Å². The number of carbonyl (C=O) groups is 2. The second kappa shape index (κ2) is 10.6. The quantitative estimate of drug-likeness (QED) is 0.291. The van der Waals surface area contributed by atoms with Gasteiger partial charge in [0.2, 0.25) is 0 Å². The molecular weight excluding hydrogens is 551 g/mol. The molecule has 2 aliphatic rings. The Kier molecular flexibility index (Phi) is 6.88. The number of anilines is 1. The second-order valence-corrected chi connectivity index (χ2v) is 10.3. The van der Waals surface area contributed by atoms with Crippen molar-refractivity contribution < 1.29 is 37.3 Å². The number of benzene rings is 3. The van der Waals surface area contributed by atoms with Gasteiger partial charge in [0, 0.05) is 36.3 Å². The number of alkyl halides is 3. The maximum atomic E-state index is 14.1. The summed E-state index contributed by atoms with van der Waals surface area (Å²) in [5, 5.41) is 13.2. The molecule has 42 heavy (non-hydrogen) atoms. The standard InChI is InChI=1S/C31H26F3N3O5/c1-36(21-11-8-18-14-15-41-26(18)17-21)29(38)20-4-2-5-22(16-20)37-27-24(28(35-37)31(32,33)34)6-3-7-25(27)42-23-12-9-19(10-13-23)30(39)40/h2,4-5,8-13,16-17,25H,3,6-7,14-15H2,1H3,(H,39,40)/t25-/m1/s1. The number of carboxylic acid groups (broad SMARTS) is 1. The summed E-state index contributed by atoms with van der Waals surface area (Å²) in [5.74, 6) is -0.396. The third kappa shape index (κ3) is 5.06. The molecule has 0 unspecified atom stereocenters. The third-order valence-corrected chi connectivity index (χ3v) is 7.58. The van der Waals surface area contributed by atoms with Crippen LogP contribution < -0.4 is 14.4 Å². The highest BCUT2D eigenvalue weighted by molar-refractivity contribution is 6.06. The molecule has 0 fully saturated rings. The smallest absolute Gasteiger partial charge is 0.435 e. The summed E-state index contributed by atoms with van der Waals surface area (Å²) in [5.41, 5.74) is 1.64. The van der Waals surface area contributed by atoms with Crippen molar-refractivity contribution >= 4 is 17.6 Å². The van der Waals surface area contributed by atoms with Crippen molar-refractivity contribution in [2.75, 3.05) is 18.6 Å². The van der Waals surface area contributed by atoms with Gasteiger partial charge < -0.3 is 19.5 Å². The zero-order valence-electron chi connectivity index (χ0n) is 22.5. The molecule has 0 bridgehead atoms. The minimum atomic E-state index is -4.69. The highest BCUT2D eigenvalue weighted by atomic mass is 19.4. The van der Waals surface area contributed by atoms with Gasteiger partial charge in [-0.1, -0.05) is 12.1 Å². The molecule has 1 amide bonds. The van der Waals surface area contributed by atoms with Gasteiger partial charge in [0.25, 0.3) is 5.91 Å². The molecule has 0 spiro atoms. The Labute approximate surface area is 238 Å². The lowest BCUT2D eigenvalue weighted by atomic mass is 9.92. The first-order chi connectivity index (χ1) is 20.1. The molecule has 4 aromatic rings. The fraction of sp³-hybridized carbons (Fsp3) is 0.258. The Hall–Kier alpha value is -4.80. The van der Waals surface area contributed by atoms with Crippen LogP contribution in [0.15, 0.2) is 66.7 Å². The van der Waals surface area contributed by atoms with Crippen LogP contribution in [0.4, 0.5) is 18.9 Å². The van der Waals surface area contributed by atoms with E-state index in [0.717, 1.165) is 17.7 Å². The van der Waals surface area contributed by atoms with Gasteiger partial charge in [0.15, 0.2) is 5.69 Å². The summed E-state index contributed by atoms with van der Waals surface area (Å²) in [7, 11) is 1.63. The van der Waals surface area contributed by atoms with Crippen molar-refractivity contribution in [3.63, 3.8) is 0 Å². The molecule has 3 aromatic carbocycles. The van der Waals surface area contributed by atoms with Crippen molar-refractivity contribution in [3.05, 3.63) is 100 Å². The van der Waals surface area contributed by atoms with E-state index < -0.39 is 23.9 Å². The van der Waals surface area contributed by atoms with Crippen LogP contribution in [0, 0.1) is 0 Å². The molecule has 0 saturated heterocycles. The van der Waals surface area contributed by atoms with E-state index in [-0.39, 0.29) is 40.4 Å². The number of nitrogens with zero attached hydrogens (tertiary/aromatic N) is 3. The highest BCUT2D eigenvalue weighted by Gasteiger charge is 2.42. The average molecular weight is 578 g/mol. The predicted molar refractivity (Wildman–Crippen MR) is 147 cm³/mol. The second-order valence-electron chi connectivity index (χ2n) is 10.3. The molecule has 1 atom stereocenters. The number of amides is 1. The minimum absolute atomic E-state index is 0.0490. The van der Waals surface area contributed by atoms with Gasteiger partial charge in [-0.15, -0.1) is 0 Å². The monoisotopic (exact) mass is 577 g/mol. The number of halogens is 3. The van der Waals surface area contributed by atoms with Gasteiger partial charge in [-0.05, 0) is 73.4 Å². The van der Waals surface area contributed by atoms with Gasteiger partial charge >= 0.3 is 12.1 Å². The van der Waals surface area contributed by atoms with Crippen LogP contribution >= 0.6 is 0 Å². The van der Waals surface area contributed by atoms with Crippen molar-refractivity contribution in [1.82, 2.24) is 9.78 Å². The number of fused-ring (bicyclic) bond motifs is 2. The SMILES string of the molecule is CN(C(=O)c1cccc(-n2nc(C(F)(F)F)c3c2[C@H](Oc2ccc(C(=O)O)cc2)CCC3)c1)c1ccc2c(c1)OCC2. The van der Waals surface area contributed by atoms with Gasteiger partial charge in [-0.25, -0.2) is 9.48 Å². The zero-order valence-corrected chi connectivity index (χ0v) is 22.5. The van der Waals surface area contributed by atoms with Gasteiger partial charge in [-0.2, -0.15) is 18.3 Å². The van der Waals surface area contributed by atoms with Crippen LogP contribution in [-0.4, -0.2) is 40.4 Å². The van der Waals surface area contributed by atoms with Crippen LogP contribution in [0.1, 0.15) is 62.2 Å². The molecule has 0 saturated carbocycles. The number of rotatable bonds is 6. The molecule has 0 radical (unpaired) electrons. The fourth-order valence-electron chi connectivity index (χ4n) is 5.47. The molecular formula is C31H26F3N3O5. The molecule has 11 heteroatoms. The Morgan fingerprint density at radius 3 is 2.57 bits per heavy atom. The first-order valence-corrected chi connectivity index (χ1v) is 13.4. The average Bonchev–Trinajstić information content (AvgIpc) is 3.62. The predicted octanol–water partition coefficient (Wildman–Crippen LogP) is 6.26. The Bertz CT molecular complexity index is 1680. The van der Waals surface area contributed by atoms with Gasteiger partial charge in [-0.3, -0.25) is 4.79 Å². The first-order valence-electron chi connectivity index (χ1n) is 13.4. The Morgan fingerprint density at radius 2 is 1.83 bits per heavy atom. The number of carboxylic acids is 1. The Morgan fingerprint density at radius 1 is 1.05 bits per heavy atom. The largest absolute Gasteiger partial charge is 0.493 e. The highest BCUT2D eigenvalue weighted by Crippen LogP contribution is 2.42. The molecule has 1 aliphatic carbocycles. The fourth-order valence-corrected chi connectivity index (χ4v) is 5.47. The molecule has 216 valence electrons. The van der Waals surface area contributed by atoms with Crippen LogP contribution in [0.5, 0.6) is 11.5 Å². The minimum Gasteiger partial charge on any atom is -0.493 e. The lowest BCUT2D eigenvalue weighted by Crippen LogP contribution is -2.26. The number of aromatic nitrogens is 2. The van der Waals surface area contributed by atoms with Crippen molar-refractivity contribution in [3.8, 4) is 17.2 Å². The van der Waals surface area contributed by atoms with Gasteiger partial charge in [0.05, 0.1) is 23.6 Å². The van der Waals surface area contributed by atoms with E-state index in [1.807, 2.05) is 12.1 Å². The number of ether oxygens (including phenoxy) is 2. The summed E-state index contributed by atoms with van der Waals surface area (Å²) in [6, 6.07) is 17.6. The van der Waals surface area contributed by atoms with Crippen LogP contribution in [0.3, 0.4) is 0 Å². The van der Waals surface area contributed by atoms with Crippen molar-refractivity contribution in [1.29, 1.82) is 0 Å². The molecule has 1 N–H and O–H groups in total. The lowest BCUT2D eigenvalue weighted by molar-refractivity contribution is -0.142. The normalized spacial score (nSPS) is 15.9. The molecule has 1 aliphatic heterocycles. The summed E-state index contributed by atoms with van der Waals surface area (Å²) in [6.45, 7) is 0.588. The summed E-state index contributed by atoms with van der Waals surface area (Å²) in [4.78, 5) is 26.2. The summed E-state index contributed by atoms with van der Waals surface area (Å²) in [6.07, 6.45) is -3.61. The molecule has 1 aromatic heterocycles. The lowest BCUT2D eigenvalue weighted by Gasteiger charge is -2.26. The molecule has 2 heterocycles. The number of hydrogen-bond acceptors (Lipinski definition) is 5. The van der Waals surface area contributed by atoms with E-state index in [9.17, 15) is 27.9 Å². The zero-order chi connectivity index (χ0) is 29.6. The third-order valence-electron chi connectivity index (χ3n) is 7.58. The van der Waals surface area contributed by atoms with Crippen LogP contribution in [0.25, 0.3) is 5.69 Å². The number of hydrogen-bond donors (Lipinski definition) is 1. The van der Waals surface area contributed by atoms with E-state index in [1.54, 1.807) is 31.3 Å². The molecule has 8 nitrogen and oxygen atoms in total. The van der Waals surface area contributed by atoms with E-state index in [0.29, 0.717) is 30.9 Å². The summed E-state index contributed by atoms with van der Waals surface area (Å²) >= 11 is 0. The van der Waals surface area contributed by atoms with E-state index >= 15 is 0 Å². The van der Waals surface area contributed by atoms with E-state index in [4.69, 9.17) is 9.47 Å². The Balaban J connectivity index is 1.36. The van der Waals surface area contributed by atoms with E-state index in [1.165, 1.54) is 39.9 Å². The molecule has 6 rings (SSSR count). The number of aromatic carboxylic acids is 1. The topological polar surface area (TPSA) is 93.9 Å².